The molecule has 0 bridgehead atoms. The van der Waals surface area contributed by atoms with E-state index in [4.69, 9.17) is 0 Å². The molecule has 0 aromatic carbocycles. The minimum atomic E-state index is -1.12. The van der Waals surface area contributed by atoms with Crippen molar-refractivity contribution in [1.29, 1.82) is 0 Å². The molecule has 0 aliphatic heterocycles. The Labute approximate surface area is 120 Å². The molecule has 0 aromatic heterocycles. The Morgan fingerprint density at radius 2 is 1.00 bits per heavy atom. The maximum atomic E-state index is 3.70. The maximum Gasteiger partial charge on any atom is 0.0861 e. The van der Waals surface area contributed by atoms with E-state index in [0.29, 0.717) is 0 Å². The molecule has 0 aromatic rings. The zero-order valence-corrected chi connectivity index (χ0v) is 16.5. The third-order valence-corrected chi connectivity index (χ3v) is 13.3. The predicted octanol–water partition coefficient (Wildman–Crippen LogP) is 6.08. The van der Waals surface area contributed by atoms with Gasteiger partial charge >= 0.3 is 0 Å². The van der Waals surface area contributed by atoms with Crippen LogP contribution in [0.4, 0.5) is 0 Å². The Kier molecular flexibility index (Phi) is 7.08. The van der Waals surface area contributed by atoms with Crippen molar-refractivity contribution < 1.29 is 0 Å². The fourth-order valence-electron chi connectivity index (χ4n) is 1.03. The second kappa shape index (κ2) is 6.71. The van der Waals surface area contributed by atoms with Gasteiger partial charge in [-0.3, -0.25) is 0 Å². The van der Waals surface area contributed by atoms with Gasteiger partial charge in [0.05, 0.1) is 16.1 Å². The Bertz CT molecular complexity index is 250. The molecule has 4 heteroatoms. The van der Waals surface area contributed by atoms with E-state index in [2.05, 4.69) is 83.3 Å². The van der Waals surface area contributed by atoms with Crippen LogP contribution in [0, 0.1) is 0 Å². The lowest BCUT2D eigenvalue weighted by molar-refractivity contribution is 1.05. The molecule has 0 heterocycles. The molecule has 0 saturated heterocycles. The monoisotopic (exact) mass is 382 g/mol. The van der Waals surface area contributed by atoms with Crippen LogP contribution in [0.2, 0.25) is 39.3 Å². The average molecular weight is 384 g/mol. The molecule has 0 aliphatic carbocycles. The molecule has 0 radical (unpaired) electrons. The number of halogens is 2. The van der Waals surface area contributed by atoms with Gasteiger partial charge in [-0.25, -0.2) is 0 Å². The van der Waals surface area contributed by atoms with Gasteiger partial charge in [-0.1, -0.05) is 83.3 Å². The van der Waals surface area contributed by atoms with E-state index in [-0.39, 0.29) is 0 Å². The number of rotatable bonds is 5. The third kappa shape index (κ3) is 7.25. The minimum absolute atomic E-state index is 1.12. The van der Waals surface area contributed by atoms with Crippen LogP contribution >= 0.6 is 31.9 Å². The Hall–Kier alpha value is 0.874. The second-order valence-electron chi connectivity index (χ2n) is 6.18. The van der Waals surface area contributed by atoms with Crippen LogP contribution in [0.3, 0.4) is 0 Å². The lowest BCUT2D eigenvalue weighted by Crippen LogP contribution is -2.20. The fraction of sp³-hybridized carbons (Fsp3) is 0.667. The van der Waals surface area contributed by atoms with Crippen molar-refractivity contribution in [2.75, 3.05) is 0 Å². The van der Waals surface area contributed by atoms with Crippen molar-refractivity contribution >= 4 is 48.0 Å². The molecule has 0 fully saturated rings. The van der Waals surface area contributed by atoms with Gasteiger partial charge in [0.15, 0.2) is 0 Å². The molecule has 94 valence electrons. The van der Waals surface area contributed by atoms with Crippen LogP contribution in [0.1, 0.15) is 12.8 Å². The van der Waals surface area contributed by atoms with Crippen molar-refractivity contribution in [3.63, 3.8) is 0 Å². The van der Waals surface area contributed by atoms with E-state index < -0.39 is 16.1 Å². The molecule has 0 rings (SSSR count). The number of hydrogen-bond donors (Lipinski definition) is 0. The highest BCUT2D eigenvalue weighted by atomic mass is 79.9. The van der Waals surface area contributed by atoms with E-state index in [9.17, 15) is 0 Å². The highest BCUT2D eigenvalue weighted by Gasteiger charge is 2.17. The van der Waals surface area contributed by atoms with Gasteiger partial charge in [0, 0.05) is 0 Å². The van der Waals surface area contributed by atoms with Crippen molar-refractivity contribution in [2.24, 2.45) is 0 Å². The third-order valence-electron chi connectivity index (χ3n) is 2.25. The number of allylic oxidation sites excluding steroid dienone is 2. The molecule has 0 saturated carbocycles. The summed E-state index contributed by atoms with van der Waals surface area (Å²) in [5.74, 6) is 0. The molecular weight excluding hydrogens is 360 g/mol. The summed E-state index contributed by atoms with van der Waals surface area (Å²) in [4.78, 5) is 0. The lowest BCUT2D eigenvalue weighted by atomic mass is 10.3. The van der Waals surface area contributed by atoms with Crippen LogP contribution < -0.4 is 0 Å². The van der Waals surface area contributed by atoms with Crippen LogP contribution in [-0.4, -0.2) is 16.1 Å². The van der Waals surface area contributed by atoms with Gasteiger partial charge in [-0.15, -0.1) is 0 Å². The van der Waals surface area contributed by atoms with Crippen LogP contribution in [0.15, 0.2) is 20.4 Å². The molecule has 0 atom stereocenters. The molecule has 0 amide bonds. The first-order valence-corrected chi connectivity index (χ1v) is 14.4. The first-order valence-electron chi connectivity index (χ1n) is 5.77. The first kappa shape index (κ1) is 16.9. The zero-order valence-electron chi connectivity index (χ0n) is 11.3. The van der Waals surface area contributed by atoms with Crippen LogP contribution in [0.25, 0.3) is 0 Å². The number of unbranched alkanes of at least 4 members (excludes halogenated alkanes) is 1. The summed E-state index contributed by atoms with van der Waals surface area (Å²) in [6.45, 7) is 14.2. The normalized spacial score (nSPS) is 15.5. The lowest BCUT2D eigenvalue weighted by Gasteiger charge is -2.16. The molecule has 0 aliphatic rings. The van der Waals surface area contributed by atoms with Crippen molar-refractivity contribution in [1.82, 2.24) is 0 Å². The van der Waals surface area contributed by atoms with Gasteiger partial charge in [-0.05, 0) is 21.1 Å². The average Bonchev–Trinajstić information content (AvgIpc) is 2.08. The van der Waals surface area contributed by atoms with Gasteiger partial charge in [0.2, 0.25) is 0 Å². The standard InChI is InChI=1S/C12H24Br2Si2/c1-15(2,3)11(13)9-7-8-10-12(14)16(4,5)6/h9-10H,7-8H2,1-6H3/b11-9-,12-10+. The topological polar surface area (TPSA) is 0 Å². The van der Waals surface area contributed by atoms with Crippen molar-refractivity contribution in [3.05, 3.63) is 20.4 Å². The number of hydrogen-bond acceptors (Lipinski definition) is 0. The minimum Gasteiger partial charge on any atom is -0.0782 e. The molecule has 16 heavy (non-hydrogen) atoms. The first-order chi connectivity index (χ1) is 7.05. The van der Waals surface area contributed by atoms with Crippen LogP contribution in [0.5, 0.6) is 0 Å². The summed E-state index contributed by atoms with van der Waals surface area (Å²) in [7, 11) is -2.24. The Morgan fingerprint density at radius 3 is 1.19 bits per heavy atom. The Morgan fingerprint density at radius 1 is 0.750 bits per heavy atom. The highest BCUT2D eigenvalue weighted by Crippen LogP contribution is 2.23. The molecule has 0 N–H and O–H groups in total. The quantitative estimate of drug-likeness (QED) is 0.398. The summed E-state index contributed by atoms with van der Waals surface area (Å²) in [5.41, 5.74) is 0. The molecule has 0 spiro atoms. The molecule has 0 nitrogen and oxygen atoms in total. The maximum absolute atomic E-state index is 3.70. The van der Waals surface area contributed by atoms with Gasteiger partial charge in [-0.2, -0.15) is 0 Å². The van der Waals surface area contributed by atoms with Gasteiger partial charge < -0.3 is 0 Å². The zero-order chi connectivity index (χ0) is 13.0. The molecule has 0 unspecified atom stereocenters. The van der Waals surface area contributed by atoms with Gasteiger partial charge in [0.25, 0.3) is 0 Å². The van der Waals surface area contributed by atoms with Crippen LogP contribution in [-0.2, 0) is 0 Å². The summed E-state index contributed by atoms with van der Waals surface area (Å²) >= 11 is 7.41. The van der Waals surface area contributed by atoms with E-state index in [1.807, 2.05) is 0 Å². The summed E-state index contributed by atoms with van der Waals surface area (Å²) in [5, 5.41) is 0. The smallest absolute Gasteiger partial charge is 0.0782 e. The summed E-state index contributed by atoms with van der Waals surface area (Å²) in [6.07, 6.45) is 7.00. The largest absolute Gasteiger partial charge is 0.0861 e. The second-order valence-corrected chi connectivity index (χ2v) is 19.4. The van der Waals surface area contributed by atoms with Crippen molar-refractivity contribution in [3.8, 4) is 0 Å². The van der Waals surface area contributed by atoms with Crippen molar-refractivity contribution in [2.45, 2.75) is 52.1 Å². The highest BCUT2D eigenvalue weighted by molar-refractivity contribution is 9.12. The SMILES string of the molecule is C[Si](C)(C)/C(Br)=C/CC/C=C(/Br)[Si](C)(C)C. The predicted molar refractivity (Wildman–Crippen MR) is 89.9 cm³/mol. The summed E-state index contributed by atoms with van der Waals surface area (Å²) in [6, 6.07) is 0. The Balaban J connectivity index is 4.21. The van der Waals surface area contributed by atoms with E-state index in [1.54, 1.807) is 0 Å². The fourth-order valence-corrected chi connectivity index (χ4v) is 3.00. The summed E-state index contributed by atoms with van der Waals surface area (Å²) < 4.78 is 2.88. The van der Waals surface area contributed by atoms with E-state index >= 15 is 0 Å². The van der Waals surface area contributed by atoms with E-state index in [0.717, 1.165) is 12.8 Å². The van der Waals surface area contributed by atoms with Gasteiger partial charge in [0.1, 0.15) is 0 Å². The molecular formula is C12H24Br2Si2. The van der Waals surface area contributed by atoms with E-state index in [1.165, 1.54) is 8.21 Å².